The molecule has 0 aliphatic carbocycles. The molecule has 3 fully saturated rings. The lowest BCUT2D eigenvalue weighted by molar-refractivity contribution is -0.146. The number of rotatable bonds is 3. The van der Waals surface area contributed by atoms with E-state index in [9.17, 15) is 10.2 Å². The third-order valence-corrected chi connectivity index (χ3v) is 5.01. The summed E-state index contributed by atoms with van der Waals surface area (Å²) in [6.07, 6.45) is -0.192. The maximum Gasteiger partial charge on any atom is 0.171 e. The van der Waals surface area contributed by atoms with Gasteiger partial charge in [0, 0.05) is 25.2 Å². The summed E-state index contributed by atoms with van der Waals surface area (Å²) in [7, 11) is 2.18. The zero-order chi connectivity index (χ0) is 14.3. The van der Waals surface area contributed by atoms with Crippen LogP contribution in [0.1, 0.15) is 24.9 Å². The Morgan fingerprint density at radius 2 is 1.85 bits per heavy atom. The fourth-order valence-electron chi connectivity index (χ4n) is 4.01. The first-order chi connectivity index (χ1) is 9.58. The molecule has 3 saturated heterocycles. The van der Waals surface area contributed by atoms with E-state index >= 15 is 0 Å². The van der Waals surface area contributed by atoms with Gasteiger partial charge >= 0.3 is 0 Å². The predicted octanol–water partition coefficient (Wildman–Crippen LogP) is 1.06. The van der Waals surface area contributed by atoms with Gasteiger partial charge in [0.15, 0.2) is 6.29 Å². The highest BCUT2D eigenvalue weighted by atomic mass is 16.5. The summed E-state index contributed by atoms with van der Waals surface area (Å²) in [5.41, 5.74) is 0.991. The average Bonchev–Trinajstić information content (AvgIpc) is 2.41. The van der Waals surface area contributed by atoms with E-state index in [4.69, 9.17) is 0 Å². The second-order valence-electron chi connectivity index (χ2n) is 6.34. The number of aliphatic hydroxyl groups excluding tert-OH is 1. The highest BCUT2D eigenvalue weighted by molar-refractivity contribution is 5.21. The van der Waals surface area contributed by atoms with E-state index < -0.39 is 6.29 Å². The lowest BCUT2D eigenvalue weighted by Crippen LogP contribution is -2.65. The van der Waals surface area contributed by atoms with Gasteiger partial charge in [-0.2, -0.15) is 0 Å². The molecule has 4 unspecified atom stereocenters. The normalized spacial score (nSPS) is 32.8. The van der Waals surface area contributed by atoms with Crippen LogP contribution in [-0.2, 0) is 0 Å². The summed E-state index contributed by atoms with van der Waals surface area (Å²) in [4.78, 5) is 4.71. The van der Waals surface area contributed by atoms with Crippen LogP contribution in [0.2, 0.25) is 0 Å². The van der Waals surface area contributed by atoms with E-state index in [1.165, 1.54) is 0 Å². The number of likely N-dealkylation sites (N-methyl/N-ethyl adjacent to an activating group) is 1. The zero-order valence-corrected chi connectivity index (χ0v) is 12.2. The Morgan fingerprint density at radius 1 is 1.15 bits per heavy atom. The molecule has 3 aliphatic heterocycles. The molecule has 2 N–H and O–H groups in total. The Bertz CT molecular complexity index is 439. The molecule has 4 nitrogen and oxygen atoms in total. The smallest absolute Gasteiger partial charge is 0.171 e. The summed E-state index contributed by atoms with van der Waals surface area (Å²) in [6, 6.07) is 10.5. The number of nitrogens with zero attached hydrogens (tertiary/aromatic N) is 2. The second-order valence-corrected chi connectivity index (χ2v) is 6.34. The van der Waals surface area contributed by atoms with Gasteiger partial charge in [0.25, 0.3) is 0 Å². The summed E-state index contributed by atoms with van der Waals surface area (Å²) >= 11 is 0. The fraction of sp³-hybridized carbons (Fsp3) is 0.625. The molecular weight excluding hydrogens is 252 g/mol. The minimum atomic E-state index is -1.34. The lowest BCUT2D eigenvalue weighted by atomic mass is 9.81. The van der Waals surface area contributed by atoms with Gasteiger partial charge in [-0.1, -0.05) is 37.3 Å². The lowest BCUT2D eigenvalue weighted by Gasteiger charge is -2.55. The molecule has 1 aromatic rings. The molecule has 4 atom stereocenters. The average molecular weight is 276 g/mol. The number of fused-ring (bicyclic) bond motifs is 3. The summed E-state index contributed by atoms with van der Waals surface area (Å²) in [5, 5.41) is 19.8. The van der Waals surface area contributed by atoms with Crippen LogP contribution < -0.4 is 0 Å². The Kier molecular flexibility index (Phi) is 3.82. The van der Waals surface area contributed by atoms with Crippen molar-refractivity contribution in [3.05, 3.63) is 35.9 Å². The van der Waals surface area contributed by atoms with E-state index in [0.29, 0.717) is 18.0 Å². The number of aliphatic hydroxyl groups is 2. The van der Waals surface area contributed by atoms with Gasteiger partial charge in [-0.25, -0.2) is 0 Å². The van der Waals surface area contributed by atoms with E-state index in [1.807, 2.05) is 30.3 Å². The molecule has 3 aliphatic rings. The molecule has 0 spiro atoms. The van der Waals surface area contributed by atoms with Crippen molar-refractivity contribution in [3.63, 3.8) is 0 Å². The van der Waals surface area contributed by atoms with Crippen molar-refractivity contribution in [2.75, 3.05) is 20.1 Å². The van der Waals surface area contributed by atoms with Gasteiger partial charge in [0.05, 0.1) is 6.04 Å². The van der Waals surface area contributed by atoms with Crippen molar-refractivity contribution in [2.45, 2.75) is 37.8 Å². The molecule has 0 aromatic heterocycles. The molecule has 0 amide bonds. The third-order valence-electron chi connectivity index (χ3n) is 5.01. The van der Waals surface area contributed by atoms with Crippen LogP contribution in [0.4, 0.5) is 0 Å². The van der Waals surface area contributed by atoms with Crippen LogP contribution >= 0.6 is 0 Å². The van der Waals surface area contributed by atoms with Crippen LogP contribution in [0, 0.1) is 5.92 Å². The summed E-state index contributed by atoms with van der Waals surface area (Å²) in [6.45, 7) is 4.24. The Balaban J connectivity index is 1.87. The fourth-order valence-corrected chi connectivity index (χ4v) is 4.01. The number of piperidine rings is 2. The molecule has 4 rings (SSSR count). The molecule has 0 radical (unpaired) electrons. The van der Waals surface area contributed by atoms with E-state index in [0.717, 1.165) is 25.1 Å². The van der Waals surface area contributed by atoms with E-state index in [2.05, 4.69) is 23.8 Å². The SMILES string of the molecule is CC1CC2CN(C)C1CN2C(c1ccccc1)C(O)O. The monoisotopic (exact) mass is 276 g/mol. The van der Waals surface area contributed by atoms with Gasteiger partial charge in [-0.3, -0.25) is 4.90 Å². The first-order valence-corrected chi connectivity index (χ1v) is 7.45. The molecule has 3 heterocycles. The first-order valence-electron chi connectivity index (χ1n) is 7.45. The van der Waals surface area contributed by atoms with Gasteiger partial charge < -0.3 is 15.1 Å². The van der Waals surface area contributed by atoms with E-state index in [-0.39, 0.29) is 6.04 Å². The molecule has 2 bridgehead atoms. The minimum absolute atomic E-state index is 0.315. The quantitative estimate of drug-likeness (QED) is 0.811. The molecule has 4 heteroatoms. The second kappa shape index (κ2) is 5.45. The first kappa shape index (κ1) is 14.0. The van der Waals surface area contributed by atoms with Crippen molar-refractivity contribution in [2.24, 2.45) is 5.92 Å². The number of piperazine rings is 1. The summed E-state index contributed by atoms with van der Waals surface area (Å²) in [5.74, 6) is 0.683. The van der Waals surface area contributed by atoms with Gasteiger partial charge in [-0.15, -0.1) is 0 Å². The van der Waals surface area contributed by atoms with Crippen molar-refractivity contribution in [3.8, 4) is 0 Å². The maximum atomic E-state index is 9.88. The molecule has 110 valence electrons. The number of hydrogen-bond acceptors (Lipinski definition) is 4. The summed E-state index contributed by atoms with van der Waals surface area (Å²) < 4.78 is 0. The Hall–Kier alpha value is -0.940. The van der Waals surface area contributed by atoms with E-state index in [1.54, 1.807) is 0 Å². The number of benzene rings is 1. The Morgan fingerprint density at radius 3 is 2.40 bits per heavy atom. The van der Waals surface area contributed by atoms with Crippen LogP contribution in [-0.4, -0.2) is 58.5 Å². The molecule has 20 heavy (non-hydrogen) atoms. The minimum Gasteiger partial charge on any atom is -0.366 e. The largest absolute Gasteiger partial charge is 0.366 e. The van der Waals surface area contributed by atoms with Crippen molar-refractivity contribution in [1.29, 1.82) is 0 Å². The topological polar surface area (TPSA) is 46.9 Å². The van der Waals surface area contributed by atoms with Crippen molar-refractivity contribution >= 4 is 0 Å². The Labute approximate surface area is 120 Å². The maximum absolute atomic E-state index is 9.88. The molecule has 1 aromatic carbocycles. The van der Waals surface area contributed by atoms with Crippen molar-refractivity contribution < 1.29 is 10.2 Å². The van der Waals surface area contributed by atoms with Crippen LogP contribution in [0.25, 0.3) is 0 Å². The standard InChI is InChI=1S/C16H24N2O2/c1-11-8-13-9-17(2)14(11)10-18(13)15(16(19)20)12-6-4-3-5-7-12/h3-7,11,13-16,19-20H,8-10H2,1-2H3. The van der Waals surface area contributed by atoms with Crippen LogP contribution in [0.15, 0.2) is 30.3 Å². The molecule has 0 saturated carbocycles. The zero-order valence-electron chi connectivity index (χ0n) is 12.2. The predicted molar refractivity (Wildman–Crippen MR) is 78.1 cm³/mol. The highest BCUT2D eigenvalue weighted by Crippen LogP contribution is 2.38. The van der Waals surface area contributed by atoms with Crippen LogP contribution in [0.3, 0.4) is 0 Å². The molecular formula is C16H24N2O2. The number of hydrogen-bond donors (Lipinski definition) is 2. The third kappa shape index (κ3) is 2.37. The highest BCUT2D eigenvalue weighted by Gasteiger charge is 2.45. The van der Waals surface area contributed by atoms with Gasteiger partial charge in [0.1, 0.15) is 0 Å². The van der Waals surface area contributed by atoms with Crippen LogP contribution in [0.5, 0.6) is 0 Å². The van der Waals surface area contributed by atoms with Gasteiger partial charge in [0.2, 0.25) is 0 Å². The van der Waals surface area contributed by atoms with Gasteiger partial charge in [-0.05, 0) is 24.9 Å². The van der Waals surface area contributed by atoms with Crippen molar-refractivity contribution in [1.82, 2.24) is 9.80 Å².